The first-order valence-corrected chi connectivity index (χ1v) is 8.04. The molecule has 0 saturated carbocycles. The van der Waals surface area contributed by atoms with E-state index in [1.807, 2.05) is 30.3 Å². The van der Waals surface area contributed by atoms with E-state index in [0.29, 0.717) is 6.42 Å². The van der Waals surface area contributed by atoms with Gasteiger partial charge in [-0.3, -0.25) is 0 Å². The van der Waals surface area contributed by atoms with E-state index in [-0.39, 0.29) is 19.1 Å². The smallest absolute Gasteiger partial charge is 0.408 e. The number of rotatable bonds is 7. The number of alkyl carbamates (subject to hydrolysis) is 1. The zero-order chi connectivity index (χ0) is 18.2. The maximum atomic E-state index is 12.3. The van der Waals surface area contributed by atoms with Crippen LogP contribution in [0.15, 0.2) is 30.3 Å². The van der Waals surface area contributed by atoms with Crippen LogP contribution < -0.4 is 5.32 Å². The van der Waals surface area contributed by atoms with Gasteiger partial charge in [0, 0.05) is 6.61 Å². The SMILES string of the molecule is C[C@H](CCO)[C@H](NC(=O)OCc1ccccc1)C(=O)OC(C)(C)C. The van der Waals surface area contributed by atoms with E-state index in [9.17, 15) is 9.59 Å². The van der Waals surface area contributed by atoms with Gasteiger partial charge in [-0.2, -0.15) is 0 Å². The summed E-state index contributed by atoms with van der Waals surface area (Å²) in [7, 11) is 0. The van der Waals surface area contributed by atoms with Gasteiger partial charge in [0.1, 0.15) is 18.2 Å². The summed E-state index contributed by atoms with van der Waals surface area (Å²) in [6.45, 7) is 7.07. The molecule has 0 spiro atoms. The Balaban J connectivity index is 2.65. The molecule has 2 atom stereocenters. The predicted octanol–water partition coefficient (Wildman–Crippen LogP) is 2.64. The van der Waals surface area contributed by atoms with E-state index in [4.69, 9.17) is 14.6 Å². The fraction of sp³-hybridized carbons (Fsp3) is 0.556. The first kappa shape index (κ1) is 20.0. The summed E-state index contributed by atoms with van der Waals surface area (Å²) < 4.78 is 10.5. The van der Waals surface area contributed by atoms with Crippen molar-refractivity contribution in [3.8, 4) is 0 Å². The summed E-state index contributed by atoms with van der Waals surface area (Å²) in [5, 5.41) is 11.6. The number of esters is 1. The van der Waals surface area contributed by atoms with Crippen LogP contribution in [0.2, 0.25) is 0 Å². The zero-order valence-corrected chi connectivity index (χ0v) is 14.7. The van der Waals surface area contributed by atoms with Crippen molar-refractivity contribution in [2.75, 3.05) is 6.61 Å². The van der Waals surface area contributed by atoms with Gasteiger partial charge in [-0.15, -0.1) is 0 Å². The van der Waals surface area contributed by atoms with Crippen LogP contribution in [0.5, 0.6) is 0 Å². The average Bonchev–Trinajstić information content (AvgIpc) is 2.50. The second-order valence-corrected chi connectivity index (χ2v) is 6.71. The van der Waals surface area contributed by atoms with Gasteiger partial charge in [0.25, 0.3) is 0 Å². The Morgan fingerprint density at radius 2 is 1.83 bits per heavy atom. The number of carbonyl (C=O) groups is 2. The monoisotopic (exact) mass is 337 g/mol. The van der Waals surface area contributed by atoms with E-state index >= 15 is 0 Å². The van der Waals surface area contributed by atoms with Crippen LogP contribution in [-0.2, 0) is 20.9 Å². The molecule has 0 aromatic heterocycles. The Kier molecular flexibility index (Phi) is 7.71. The lowest BCUT2D eigenvalue weighted by Gasteiger charge is -2.27. The number of hydrogen-bond donors (Lipinski definition) is 2. The fourth-order valence-electron chi connectivity index (χ4n) is 2.06. The summed E-state index contributed by atoms with van der Waals surface area (Å²) in [5.74, 6) is -0.825. The van der Waals surface area contributed by atoms with Gasteiger partial charge in [-0.25, -0.2) is 9.59 Å². The van der Waals surface area contributed by atoms with E-state index in [0.717, 1.165) is 5.56 Å². The first-order chi connectivity index (χ1) is 11.2. The third-order valence-corrected chi connectivity index (χ3v) is 3.30. The number of hydrogen-bond acceptors (Lipinski definition) is 5. The van der Waals surface area contributed by atoms with Crippen molar-refractivity contribution in [3.63, 3.8) is 0 Å². The summed E-state index contributed by atoms with van der Waals surface area (Å²) in [6.07, 6.45) is -0.331. The standard InChI is InChI=1S/C18H27NO5/c1-13(10-11-20)15(16(21)24-18(2,3)4)19-17(22)23-12-14-8-6-5-7-9-14/h5-9,13,15,20H,10-12H2,1-4H3,(H,19,22)/t13-,15+/m1/s1. The highest BCUT2D eigenvalue weighted by Crippen LogP contribution is 2.15. The van der Waals surface area contributed by atoms with Crippen LogP contribution in [0.3, 0.4) is 0 Å². The van der Waals surface area contributed by atoms with Crippen molar-refractivity contribution >= 4 is 12.1 Å². The van der Waals surface area contributed by atoms with Gasteiger partial charge in [0.15, 0.2) is 0 Å². The molecule has 0 aliphatic rings. The molecule has 6 nitrogen and oxygen atoms in total. The van der Waals surface area contributed by atoms with Crippen molar-refractivity contribution in [3.05, 3.63) is 35.9 Å². The van der Waals surface area contributed by atoms with Crippen LogP contribution in [0.4, 0.5) is 4.79 Å². The number of aliphatic hydroxyl groups is 1. The third-order valence-electron chi connectivity index (χ3n) is 3.30. The molecule has 0 unspecified atom stereocenters. The van der Waals surface area contributed by atoms with E-state index < -0.39 is 23.7 Å². The Bertz CT molecular complexity index is 524. The van der Waals surface area contributed by atoms with Crippen molar-refractivity contribution < 1.29 is 24.2 Å². The number of benzene rings is 1. The van der Waals surface area contributed by atoms with Crippen LogP contribution in [-0.4, -0.2) is 35.4 Å². The molecular weight excluding hydrogens is 310 g/mol. The van der Waals surface area contributed by atoms with Gasteiger partial charge in [0.2, 0.25) is 0 Å². The maximum absolute atomic E-state index is 12.3. The summed E-state index contributed by atoms with van der Waals surface area (Å²) in [6, 6.07) is 8.38. The Hall–Kier alpha value is -2.08. The topological polar surface area (TPSA) is 84.9 Å². The van der Waals surface area contributed by atoms with E-state index in [1.165, 1.54) is 0 Å². The highest BCUT2D eigenvalue weighted by Gasteiger charge is 2.31. The largest absolute Gasteiger partial charge is 0.458 e. The highest BCUT2D eigenvalue weighted by molar-refractivity contribution is 5.81. The molecule has 1 aromatic rings. The van der Waals surface area contributed by atoms with Crippen molar-refractivity contribution in [1.29, 1.82) is 0 Å². The summed E-state index contributed by atoms with van der Waals surface area (Å²) >= 11 is 0. The van der Waals surface area contributed by atoms with Gasteiger partial charge in [-0.05, 0) is 38.7 Å². The minimum Gasteiger partial charge on any atom is -0.458 e. The fourth-order valence-corrected chi connectivity index (χ4v) is 2.06. The summed E-state index contributed by atoms with van der Waals surface area (Å²) in [4.78, 5) is 24.3. The third kappa shape index (κ3) is 7.46. The molecular formula is C18H27NO5. The molecule has 0 aliphatic heterocycles. The quantitative estimate of drug-likeness (QED) is 0.747. The van der Waals surface area contributed by atoms with Gasteiger partial charge in [-0.1, -0.05) is 37.3 Å². The van der Waals surface area contributed by atoms with E-state index in [1.54, 1.807) is 27.7 Å². The van der Waals surface area contributed by atoms with Crippen LogP contribution in [0.25, 0.3) is 0 Å². The lowest BCUT2D eigenvalue weighted by atomic mass is 9.98. The number of ether oxygens (including phenoxy) is 2. The molecule has 0 bridgehead atoms. The second kappa shape index (κ2) is 9.27. The molecule has 6 heteroatoms. The number of amides is 1. The molecule has 2 N–H and O–H groups in total. The Labute approximate surface area is 143 Å². The normalized spacial score (nSPS) is 13.7. The lowest BCUT2D eigenvalue weighted by molar-refractivity contribution is -0.158. The maximum Gasteiger partial charge on any atom is 0.408 e. The molecule has 1 aromatic carbocycles. The van der Waals surface area contributed by atoms with Crippen LogP contribution >= 0.6 is 0 Å². The Morgan fingerprint density at radius 1 is 1.21 bits per heavy atom. The highest BCUT2D eigenvalue weighted by atomic mass is 16.6. The number of nitrogens with one attached hydrogen (secondary N) is 1. The van der Waals surface area contributed by atoms with Crippen molar-refractivity contribution in [1.82, 2.24) is 5.32 Å². The summed E-state index contributed by atoms with van der Waals surface area (Å²) in [5.41, 5.74) is 0.189. The first-order valence-electron chi connectivity index (χ1n) is 8.04. The van der Waals surface area contributed by atoms with Gasteiger partial charge in [0.05, 0.1) is 0 Å². The molecule has 0 aliphatic carbocycles. The molecule has 0 radical (unpaired) electrons. The molecule has 24 heavy (non-hydrogen) atoms. The van der Waals surface area contributed by atoms with Gasteiger partial charge >= 0.3 is 12.1 Å². The van der Waals surface area contributed by atoms with Crippen molar-refractivity contribution in [2.45, 2.75) is 52.4 Å². The molecule has 1 amide bonds. The van der Waals surface area contributed by atoms with Gasteiger partial charge < -0.3 is 19.9 Å². The average molecular weight is 337 g/mol. The van der Waals surface area contributed by atoms with Crippen molar-refractivity contribution in [2.24, 2.45) is 5.92 Å². The molecule has 0 saturated heterocycles. The molecule has 0 fully saturated rings. The lowest BCUT2D eigenvalue weighted by Crippen LogP contribution is -2.48. The number of carbonyl (C=O) groups excluding carboxylic acids is 2. The van der Waals surface area contributed by atoms with Crippen LogP contribution in [0.1, 0.15) is 39.7 Å². The van der Waals surface area contributed by atoms with Crippen LogP contribution in [0, 0.1) is 5.92 Å². The zero-order valence-electron chi connectivity index (χ0n) is 14.7. The molecule has 0 heterocycles. The Morgan fingerprint density at radius 3 is 2.38 bits per heavy atom. The minimum atomic E-state index is -0.875. The number of aliphatic hydroxyl groups excluding tert-OH is 1. The minimum absolute atomic E-state index is 0.0821. The molecule has 134 valence electrons. The molecule has 1 rings (SSSR count). The van der Waals surface area contributed by atoms with E-state index in [2.05, 4.69) is 5.32 Å². The second-order valence-electron chi connectivity index (χ2n) is 6.71. The predicted molar refractivity (Wildman–Crippen MR) is 90.3 cm³/mol.